The number of fused-ring (bicyclic) bond motifs is 1. The Kier molecular flexibility index (Phi) is 15.7. The van der Waals surface area contributed by atoms with E-state index in [1.807, 2.05) is 106 Å². The van der Waals surface area contributed by atoms with Gasteiger partial charge in [-0.05, 0) is 86.8 Å². The number of alkyl carbamates (subject to hydrolysis) is 1. The third kappa shape index (κ3) is 13.1. The van der Waals surface area contributed by atoms with Gasteiger partial charge in [0.1, 0.15) is 29.3 Å². The van der Waals surface area contributed by atoms with Crippen molar-refractivity contribution in [2.75, 3.05) is 6.61 Å². The van der Waals surface area contributed by atoms with E-state index in [9.17, 15) is 14.4 Å². The fourth-order valence-electron chi connectivity index (χ4n) is 5.67. The number of esters is 1. The Hall–Kier alpha value is -5.57. The van der Waals surface area contributed by atoms with Gasteiger partial charge in [-0.2, -0.15) is 0 Å². The zero-order chi connectivity index (χ0) is 38.9. The first-order valence-corrected chi connectivity index (χ1v) is 18.8. The van der Waals surface area contributed by atoms with Crippen LogP contribution in [0.1, 0.15) is 100 Å². The number of hydrogen-bond acceptors (Lipinski definition) is 7. The number of rotatable bonds is 15. The molecule has 9 nitrogen and oxygen atoms in total. The summed E-state index contributed by atoms with van der Waals surface area (Å²) in [6.45, 7) is 12.7. The molecule has 0 aliphatic heterocycles. The van der Waals surface area contributed by atoms with Gasteiger partial charge in [-0.1, -0.05) is 94.1 Å². The van der Waals surface area contributed by atoms with E-state index in [0.717, 1.165) is 33.2 Å². The van der Waals surface area contributed by atoms with Crippen LogP contribution in [0.3, 0.4) is 0 Å². The van der Waals surface area contributed by atoms with Gasteiger partial charge in [0.2, 0.25) is 0 Å². The van der Waals surface area contributed by atoms with Crippen molar-refractivity contribution >= 4 is 28.9 Å². The maximum atomic E-state index is 12.7. The molecule has 0 spiro atoms. The van der Waals surface area contributed by atoms with Crippen LogP contribution >= 0.6 is 0 Å². The zero-order valence-corrected chi connectivity index (χ0v) is 32.5. The van der Waals surface area contributed by atoms with Gasteiger partial charge in [0.25, 0.3) is 5.91 Å². The Morgan fingerprint density at radius 3 is 2.17 bits per heavy atom. The summed E-state index contributed by atoms with van der Waals surface area (Å²) < 4.78 is 23.1. The summed E-state index contributed by atoms with van der Waals surface area (Å²) in [5.74, 6) is 0.677. The molecule has 0 aliphatic carbocycles. The molecule has 54 heavy (non-hydrogen) atoms. The largest absolute Gasteiger partial charge is 0.489 e. The second-order valence-corrected chi connectivity index (χ2v) is 14.0. The topological polar surface area (TPSA) is 116 Å². The second kappa shape index (κ2) is 20.6. The molecule has 1 aromatic heterocycles. The smallest absolute Gasteiger partial charge is 0.407 e. The number of carbonyl (C=O) groups is 3. The SMILES string of the molecule is CCCCCC.CCOC(=O)Cc1ccccc1OCc1cc(-c2cccc(CNC(=O)OC(C)(C)C)c2)c2oc(CNC(=O)c3ccccc3)cc2c1. The van der Waals surface area contributed by atoms with Gasteiger partial charge in [0.15, 0.2) is 0 Å². The fourth-order valence-corrected chi connectivity index (χ4v) is 5.67. The number of ether oxygens (including phenoxy) is 3. The van der Waals surface area contributed by atoms with Gasteiger partial charge in [-0.15, -0.1) is 0 Å². The Balaban J connectivity index is 0.000001000. The Labute approximate surface area is 319 Å². The minimum absolute atomic E-state index is 0.109. The molecule has 4 aromatic carbocycles. The lowest BCUT2D eigenvalue weighted by atomic mass is 9.99. The average Bonchev–Trinajstić information content (AvgIpc) is 3.58. The van der Waals surface area contributed by atoms with E-state index in [-0.39, 0.29) is 38.0 Å². The van der Waals surface area contributed by atoms with E-state index in [1.165, 1.54) is 25.7 Å². The molecule has 0 saturated heterocycles. The van der Waals surface area contributed by atoms with Crippen molar-refractivity contribution in [2.24, 2.45) is 0 Å². The molecule has 286 valence electrons. The molecule has 0 fully saturated rings. The molecule has 0 unspecified atom stereocenters. The number of carbonyl (C=O) groups excluding carboxylic acids is 3. The molecule has 1 heterocycles. The Morgan fingerprint density at radius 2 is 1.46 bits per heavy atom. The minimum Gasteiger partial charge on any atom is -0.489 e. The van der Waals surface area contributed by atoms with E-state index < -0.39 is 11.7 Å². The van der Waals surface area contributed by atoms with E-state index in [2.05, 4.69) is 24.5 Å². The molecule has 5 rings (SSSR count). The molecule has 2 amide bonds. The van der Waals surface area contributed by atoms with Gasteiger partial charge < -0.3 is 29.3 Å². The number of benzene rings is 4. The maximum Gasteiger partial charge on any atom is 0.407 e. The van der Waals surface area contributed by atoms with Crippen LogP contribution in [0.2, 0.25) is 0 Å². The number of amides is 2. The van der Waals surface area contributed by atoms with Crippen molar-refractivity contribution in [3.05, 3.63) is 125 Å². The minimum atomic E-state index is -0.600. The zero-order valence-electron chi connectivity index (χ0n) is 32.5. The molecule has 5 aromatic rings. The van der Waals surface area contributed by atoms with Crippen LogP contribution in [0.5, 0.6) is 5.75 Å². The average molecular weight is 735 g/mol. The lowest BCUT2D eigenvalue weighted by molar-refractivity contribution is -0.142. The summed E-state index contributed by atoms with van der Waals surface area (Å²) in [7, 11) is 0. The molecule has 0 bridgehead atoms. The monoisotopic (exact) mass is 734 g/mol. The number of hydrogen-bond donors (Lipinski definition) is 2. The highest BCUT2D eigenvalue weighted by molar-refractivity contribution is 5.95. The highest BCUT2D eigenvalue weighted by Crippen LogP contribution is 2.34. The van der Waals surface area contributed by atoms with Crippen molar-refractivity contribution in [2.45, 2.75) is 98.9 Å². The van der Waals surface area contributed by atoms with Crippen molar-refractivity contribution in [1.29, 1.82) is 0 Å². The number of para-hydroxylation sites is 1. The highest BCUT2D eigenvalue weighted by atomic mass is 16.6. The van der Waals surface area contributed by atoms with E-state index in [0.29, 0.717) is 29.3 Å². The fraction of sp³-hybridized carbons (Fsp3) is 0.356. The number of nitrogens with one attached hydrogen (secondary N) is 2. The van der Waals surface area contributed by atoms with Gasteiger partial charge in [-0.3, -0.25) is 9.59 Å². The first kappa shape index (κ1) is 41.2. The van der Waals surface area contributed by atoms with Crippen molar-refractivity contribution in [1.82, 2.24) is 10.6 Å². The van der Waals surface area contributed by atoms with Gasteiger partial charge in [-0.25, -0.2) is 4.79 Å². The first-order chi connectivity index (χ1) is 26.0. The molecule has 0 aliphatic rings. The summed E-state index contributed by atoms with van der Waals surface area (Å²) in [6, 6.07) is 30.2. The number of unbranched alkanes of at least 4 members (excludes halogenated alkanes) is 3. The second-order valence-electron chi connectivity index (χ2n) is 14.0. The van der Waals surface area contributed by atoms with Crippen LogP contribution in [0.25, 0.3) is 22.1 Å². The highest BCUT2D eigenvalue weighted by Gasteiger charge is 2.18. The van der Waals surface area contributed by atoms with Crippen LogP contribution in [0.4, 0.5) is 4.79 Å². The normalized spacial score (nSPS) is 10.9. The summed E-state index contributed by atoms with van der Waals surface area (Å²) >= 11 is 0. The molecular formula is C45H54N2O7. The van der Waals surface area contributed by atoms with Crippen LogP contribution in [-0.2, 0) is 40.4 Å². The van der Waals surface area contributed by atoms with Crippen LogP contribution in [0, 0.1) is 0 Å². The van der Waals surface area contributed by atoms with E-state index >= 15 is 0 Å². The van der Waals surface area contributed by atoms with Gasteiger partial charge >= 0.3 is 12.1 Å². The number of furan rings is 1. The summed E-state index contributed by atoms with van der Waals surface area (Å²) in [5.41, 5.74) is 4.81. The quantitative estimate of drug-likeness (QED) is 0.0812. The Morgan fingerprint density at radius 1 is 0.741 bits per heavy atom. The standard InChI is InChI=1S/C39H40N2O7.C6H14/c1-5-45-35(42)22-30-15-9-10-17-34(30)46-25-27-19-31-21-32(24-40-37(43)28-13-7-6-8-14-28)47-36(31)33(20-27)29-16-11-12-26(18-29)23-41-38(44)48-39(2,3)4;1-3-5-6-4-2/h6-21H,5,22-25H2,1-4H3,(H,40,43)(H,41,44);3-6H2,1-2H3. The summed E-state index contributed by atoms with van der Waals surface area (Å²) in [5, 5.41) is 6.59. The van der Waals surface area contributed by atoms with Crippen molar-refractivity contribution in [3.8, 4) is 16.9 Å². The molecule has 0 radical (unpaired) electrons. The third-order valence-electron chi connectivity index (χ3n) is 8.22. The van der Waals surface area contributed by atoms with Crippen LogP contribution < -0.4 is 15.4 Å². The molecule has 2 N–H and O–H groups in total. The Bertz CT molecular complexity index is 1960. The lowest BCUT2D eigenvalue weighted by Gasteiger charge is -2.19. The van der Waals surface area contributed by atoms with Gasteiger partial charge in [0.05, 0.1) is 19.6 Å². The molecule has 9 heteroatoms. The molecular weight excluding hydrogens is 681 g/mol. The summed E-state index contributed by atoms with van der Waals surface area (Å²) in [6.07, 6.45) is 5.15. The summed E-state index contributed by atoms with van der Waals surface area (Å²) in [4.78, 5) is 37.2. The molecule has 0 saturated carbocycles. The van der Waals surface area contributed by atoms with Crippen LogP contribution in [-0.4, -0.2) is 30.2 Å². The predicted octanol–water partition coefficient (Wildman–Crippen LogP) is 10.3. The van der Waals surface area contributed by atoms with E-state index in [4.69, 9.17) is 18.6 Å². The molecule has 0 atom stereocenters. The van der Waals surface area contributed by atoms with Crippen molar-refractivity contribution < 1.29 is 33.0 Å². The third-order valence-corrected chi connectivity index (χ3v) is 8.22. The first-order valence-electron chi connectivity index (χ1n) is 18.8. The van der Waals surface area contributed by atoms with E-state index in [1.54, 1.807) is 19.1 Å². The predicted molar refractivity (Wildman–Crippen MR) is 213 cm³/mol. The lowest BCUT2D eigenvalue weighted by Crippen LogP contribution is -2.32. The van der Waals surface area contributed by atoms with Crippen molar-refractivity contribution in [3.63, 3.8) is 0 Å². The van der Waals surface area contributed by atoms with Gasteiger partial charge in [0, 0.05) is 28.6 Å². The van der Waals surface area contributed by atoms with Crippen LogP contribution in [0.15, 0.2) is 101 Å². The maximum absolute atomic E-state index is 12.7.